The van der Waals surface area contributed by atoms with Crippen LogP contribution in [0.25, 0.3) is 22.5 Å². The highest BCUT2D eigenvalue weighted by Crippen LogP contribution is 2.41. The molecule has 142 valence electrons. The molecule has 0 aliphatic heterocycles. The van der Waals surface area contributed by atoms with E-state index in [1.165, 1.54) is 6.07 Å². The van der Waals surface area contributed by atoms with E-state index in [-0.39, 0.29) is 11.4 Å². The first-order valence-electron chi connectivity index (χ1n) is 9.20. The minimum absolute atomic E-state index is 0.0718. The molecule has 1 N–H and O–H groups in total. The molecule has 0 unspecified atom stereocenters. The van der Waals surface area contributed by atoms with Gasteiger partial charge in [0.15, 0.2) is 0 Å². The van der Waals surface area contributed by atoms with Gasteiger partial charge in [-0.15, -0.1) is 0 Å². The summed E-state index contributed by atoms with van der Waals surface area (Å²) in [6, 6.07) is 29.4. The van der Waals surface area contributed by atoms with E-state index >= 15 is 0 Å². The number of hydrogen-bond acceptors (Lipinski definition) is 4. The number of benzene rings is 3. The van der Waals surface area contributed by atoms with E-state index in [9.17, 15) is 10.1 Å². The molecule has 0 fully saturated rings. The Kier molecular flexibility index (Phi) is 5.11. The lowest BCUT2D eigenvalue weighted by Crippen LogP contribution is -2.12. The summed E-state index contributed by atoms with van der Waals surface area (Å²) in [6.07, 6.45) is 0. The highest BCUT2D eigenvalue weighted by atomic mass is 16.4. The second-order valence-electron chi connectivity index (χ2n) is 6.50. The summed E-state index contributed by atoms with van der Waals surface area (Å²) < 4.78 is 6.01. The van der Waals surface area contributed by atoms with E-state index in [0.717, 1.165) is 11.1 Å². The SMILES string of the molecule is N#Cc1cccc(C(=O)Nc2oc(-c3ccccc3)c(-c3ccccc3)c2C#N)c1. The van der Waals surface area contributed by atoms with Gasteiger partial charge in [0.25, 0.3) is 5.91 Å². The number of rotatable bonds is 4. The van der Waals surface area contributed by atoms with E-state index in [2.05, 4.69) is 11.4 Å². The third kappa shape index (κ3) is 3.56. The minimum atomic E-state index is -0.462. The van der Waals surface area contributed by atoms with Crippen molar-refractivity contribution in [2.45, 2.75) is 0 Å². The predicted molar refractivity (Wildman–Crippen MR) is 113 cm³/mol. The number of carbonyl (C=O) groups excluding carboxylic acids is 1. The Hall–Kier alpha value is -4.61. The molecule has 0 saturated heterocycles. The van der Waals surface area contributed by atoms with Gasteiger partial charge >= 0.3 is 0 Å². The largest absolute Gasteiger partial charge is 0.438 e. The predicted octanol–water partition coefficient (Wildman–Crippen LogP) is 5.61. The zero-order chi connectivity index (χ0) is 20.9. The van der Waals surface area contributed by atoms with E-state index < -0.39 is 5.91 Å². The molecule has 5 nitrogen and oxygen atoms in total. The number of furan rings is 1. The average molecular weight is 389 g/mol. The van der Waals surface area contributed by atoms with Crippen molar-refractivity contribution < 1.29 is 9.21 Å². The molecule has 5 heteroatoms. The zero-order valence-corrected chi connectivity index (χ0v) is 15.8. The Balaban J connectivity index is 1.83. The molecule has 1 amide bonds. The lowest BCUT2D eigenvalue weighted by Gasteiger charge is -2.03. The van der Waals surface area contributed by atoms with Crippen molar-refractivity contribution in [3.8, 4) is 34.6 Å². The number of nitrogens with zero attached hydrogens (tertiary/aromatic N) is 2. The van der Waals surface area contributed by atoms with Gasteiger partial charge in [0, 0.05) is 16.7 Å². The maximum atomic E-state index is 12.8. The van der Waals surface area contributed by atoms with Gasteiger partial charge in [-0.1, -0.05) is 66.7 Å². The van der Waals surface area contributed by atoms with Crippen LogP contribution >= 0.6 is 0 Å². The Labute approximate surface area is 173 Å². The Bertz CT molecular complexity index is 1290. The lowest BCUT2D eigenvalue weighted by molar-refractivity contribution is 0.102. The van der Waals surface area contributed by atoms with Crippen molar-refractivity contribution in [2.75, 3.05) is 5.32 Å². The van der Waals surface area contributed by atoms with E-state index in [0.29, 0.717) is 22.5 Å². The fraction of sp³-hybridized carbons (Fsp3) is 0. The van der Waals surface area contributed by atoms with Crippen LogP contribution in [-0.4, -0.2) is 5.91 Å². The first-order chi connectivity index (χ1) is 14.7. The number of nitrogens with one attached hydrogen (secondary N) is 1. The second-order valence-corrected chi connectivity index (χ2v) is 6.50. The van der Waals surface area contributed by atoms with Gasteiger partial charge in [0.05, 0.1) is 11.6 Å². The molecule has 3 aromatic carbocycles. The van der Waals surface area contributed by atoms with Crippen LogP contribution in [0.15, 0.2) is 89.3 Å². The van der Waals surface area contributed by atoms with Crippen LogP contribution in [0, 0.1) is 22.7 Å². The third-order valence-corrected chi connectivity index (χ3v) is 4.60. The monoisotopic (exact) mass is 389 g/mol. The molecule has 4 aromatic rings. The summed E-state index contributed by atoms with van der Waals surface area (Å²) in [5, 5.41) is 21.6. The topological polar surface area (TPSA) is 89.8 Å². The zero-order valence-electron chi connectivity index (χ0n) is 15.8. The van der Waals surface area contributed by atoms with E-state index in [4.69, 9.17) is 9.68 Å². The molecule has 4 rings (SSSR count). The standard InChI is InChI=1S/C25H15N3O2/c26-15-17-8-7-13-20(14-17)24(29)28-25-21(16-27)22(18-9-3-1-4-10-18)23(30-25)19-11-5-2-6-12-19/h1-14H,(H,28,29). The third-order valence-electron chi connectivity index (χ3n) is 4.60. The van der Waals surface area contributed by atoms with E-state index in [1.807, 2.05) is 66.7 Å². The molecule has 1 heterocycles. The van der Waals surface area contributed by atoms with Crippen LogP contribution in [-0.2, 0) is 0 Å². The molecule has 0 radical (unpaired) electrons. The van der Waals surface area contributed by atoms with Gasteiger partial charge in [0.2, 0.25) is 5.88 Å². The summed E-state index contributed by atoms with van der Waals surface area (Å²) >= 11 is 0. The van der Waals surface area contributed by atoms with Gasteiger partial charge in [-0.3, -0.25) is 10.1 Å². The first-order valence-corrected chi connectivity index (χ1v) is 9.20. The maximum Gasteiger partial charge on any atom is 0.258 e. The van der Waals surface area contributed by atoms with Gasteiger partial charge < -0.3 is 4.42 Å². The van der Waals surface area contributed by atoms with Crippen molar-refractivity contribution in [1.82, 2.24) is 0 Å². The molecule has 0 atom stereocenters. The van der Waals surface area contributed by atoms with Gasteiger partial charge in [-0.25, -0.2) is 0 Å². The number of hydrogen-bond donors (Lipinski definition) is 1. The van der Waals surface area contributed by atoms with Crippen molar-refractivity contribution in [1.29, 1.82) is 10.5 Å². The Morgan fingerprint density at radius 1 is 0.800 bits per heavy atom. The number of nitriles is 2. The number of carbonyl (C=O) groups is 1. The highest BCUT2D eigenvalue weighted by molar-refractivity contribution is 6.05. The Morgan fingerprint density at radius 2 is 1.47 bits per heavy atom. The molecule has 0 bridgehead atoms. The minimum Gasteiger partial charge on any atom is -0.438 e. The quantitative estimate of drug-likeness (QED) is 0.491. The van der Waals surface area contributed by atoms with Crippen LogP contribution in [0.4, 0.5) is 5.88 Å². The van der Waals surface area contributed by atoms with Crippen LogP contribution < -0.4 is 5.32 Å². The molecule has 1 aromatic heterocycles. The second kappa shape index (κ2) is 8.18. The smallest absolute Gasteiger partial charge is 0.258 e. The normalized spacial score (nSPS) is 10.1. The van der Waals surface area contributed by atoms with Crippen LogP contribution in [0.2, 0.25) is 0 Å². The lowest BCUT2D eigenvalue weighted by atomic mass is 9.98. The summed E-state index contributed by atoms with van der Waals surface area (Å²) in [5.41, 5.74) is 3.13. The first kappa shape index (κ1) is 18.7. The van der Waals surface area contributed by atoms with Crippen LogP contribution in [0.3, 0.4) is 0 Å². The number of amides is 1. The van der Waals surface area contributed by atoms with E-state index in [1.54, 1.807) is 18.2 Å². The van der Waals surface area contributed by atoms with Crippen molar-refractivity contribution in [3.05, 3.63) is 102 Å². The fourth-order valence-electron chi connectivity index (χ4n) is 3.20. The van der Waals surface area contributed by atoms with Crippen molar-refractivity contribution in [2.24, 2.45) is 0 Å². The maximum absolute atomic E-state index is 12.8. The molecular weight excluding hydrogens is 374 g/mol. The fourth-order valence-corrected chi connectivity index (χ4v) is 3.20. The van der Waals surface area contributed by atoms with Crippen molar-refractivity contribution >= 4 is 11.8 Å². The number of anilines is 1. The highest BCUT2D eigenvalue weighted by Gasteiger charge is 2.24. The summed E-state index contributed by atoms with van der Waals surface area (Å²) in [4.78, 5) is 12.8. The Morgan fingerprint density at radius 3 is 2.10 bits per heavy atom. The molecule has 30 heavy (non-hydrogen) atoms. The van der Waals surface area contributed by atoms with Crippen molar-refractivity contribution in [3.63, 3.8) is 0 Å². The molecule has 0 saturated carbocycles. The summed E-state index contributed by atoms with van der Waals surface area (Å²) in [5.74, 6) is 0.110. The molecular formula is C25H15N3O2. The molecule has 0 spiro atoms. The average Bonchev–Trinajstić information content (AvgIpc) is 3.18. The van der Waals surface area contributed by atoms with Gasteiger partial charge in [-0.2, -0.15) is 10.5 Å². The van der Waals surface area contributed by atoms with Crippen LogP contribution in [0.1, 0.15) is 21.5 Å². The molecule has 0 aliphatic rings. The van der Waals surface area contributed by atoms with Gasteiger partial charge in [0.1, 0.15) is 17.4 Å². The van der Waals surface area contributed by atoms with Crippen LogP contribution in [0.5, 0.6) is 0 Å². The van der Waals surface area contributed by atoms with Gasteiger partial charge in [-0.05, 0) is 23.8 Å². The summed E-state index contributed by atoms with van der Waals surface area (Å²) in [7, 11) is 0. The summed E-state index contributed by atoms with van der Waals surface area (Å²) in [6.45, 7) is 0. The molecule has 0 aliphatic carbocycles.